The molecule has 0 bridgehead atoms. The molecule has 2 aromatic rings. The van der Waals surface area contributed by atoms with E-state index in [9.17, 15) is 9.18 Å². The van der Waals surface area contributed by atoms with Gasteiger partial charge in [0, 0.05) is 0 Å². The lowest BCUT2D eigenvalue weighted by atomic mass is 10.2. The van der Waals surface area contributed by atoms with Crippen LogP contribution >= 0.6 is 34.8 Å². The van der Waals surface area contributed by atoms with Crippen LogP contribution in [0.5, 0.6) is 0 Å². The van der Waals surface area contributed by atoms with E-state index < -0.39 is 11.7 Å². The Hall–Kier alpha value is -1.56. The summed E-state index contributed by atoms with van der Waals surface area (Å²) in [6.45, 7) is 0. The molecule has 104 valence electrons. The van der Waals surface area contributed by atoms with Crippen molar-refractivity contribution in [3.8, 4) is 0 Å². The second-order valence-corrected chi connectivity index (χ2v) is 4.98. The molecule has 0 atom stereocenters. The second-order valence-electron chi connectivity index (χ2n) is 3.81. The molecule has 0 saturated carbocycles. The van der Waals surface area contributed by atoms with Crippen LogP contribution in [-0.4, -0.2) is 10.9 Å². The van der Waals surface area contributed by atoms with Crippen LogP contribution in [0, 0.1) is 5.82 Å². The summed E-state index contributed by atoms with van der Waals surface area (Å²) in [5.74, 6) is -1.22. The molecular weight excluding hydrogens is 328 g/mol. The number of nitrogens with one attached hydrogen (secondary N) is 1. The highest BCUT2D eigenvalue weighted by Crippen LogP contribution is 2.32. The smallest absolute Gasteiger partial charge is 0.258 e. The fraction of sp³-hybridized carbons (Fsp3) is 0. The van der Waals surface area contributed by atoms with Gasteiger partial charge in [-0.25, -0.2) is 9.37 Å². The average Bonchev–Trinajstić information content (AvgIpc) is 2.36. The van der Waals surface area contributed by atoms with E-state index in [1.807, 2.05) is 0 Å². The molecule has 0 aliphatic carbocycles. The van der Waals surface area contributed by atoms with Gasteiger partial charge in [-0.05, 0) is 18.2 Å². The van der Waals surface area contributed by atoms with Crippen LogP contribution in [0.25, 0.3) is 0 Å². The minimum atomic E-state index is -0.610. The van der Waals surface area contributed by atoms with Crippen LogP contribution in [0.15, 0.2) is 24.4 Å². The number of nitrogens with two attached hydrogens (primary N) is 1. The van der Waals surface area contributed by atoms with Gasteiger partial charge in [0.25, 0.3) is 5.91 Å². The lowest BCUT2D eigenvalue weighted by Gasteiger charge is -2.10. The van der Waals surface area contributed by atoms with Gasteiger partial charge in [-0.1, -0.05) is 34.8 Å². The van der Waals surface area contributed by atoms with Gasteiger partial charge in [0.05, 0.1) is 33.2 Å². The maximum atomic E-state index is 13.1. The molecule has 0 spiro atoms. The van der Waals surface area contributed by atoms with Gasteiger partial charge in [0.2, 0.25) is 0 Å². The summed E-state index contributed by atoms with van der Waals surface area (Å²) in [6, 6.07) is 3.42. The van der Waals surface area contributed by atoms with Gasteiger partial charge < -0.3 is 11.1 Å². The van der Waals surface area contributed by atoms with Crippen molar-refractivity contribution in [2.24, 2.45) is 0 Å². The van der Waals surface area contributed by atoms with Crippen molar-refractivity contribution >= 4 is 52.1 Å². The standard InChI is InChI=1S/C12H7Cl3FN3O/c13-8-1-5(16)2-9(14)10(8)19-12(20)7-3-6(17)4-18-11(7)15/h1-4H,17H2,(H,19,20). The van der Waals surface area contributed by atoms with E-state index in [0.29, 0.717) is 0 Å². The number of benzene rings is 1. The van der Waals surface area contributed by atoms with Crippen LogP contribution in [0.4, 0.5) is 15.8 Å². The highest BCUT2D eigenvalue weighted by Gasteiger charge is 2.16. The largest absolute Gasteiger partial charge is 0.397 e. The summed E-state index contributed by atoms with van der Waals surface area (Å²) in [5.41, 5.74) is 5.95. The Kier molecular flexibility index (Phi) is 4.32. The Bertz CT molecular complexity index is 671. The summed E-state index contributed by atoms with van der Waals surface area (Å²) in [7, 11) is 0. The van der Waals surface area contributed by atoms with Crippen molar-refractivity contribution in [3.05, 3.63) is 51.0 Å². The fourth-order valence-corrected chi connectivity index (χ4v) is 2.21. The van der Waals surface area contributed by atoms with Gasteiger partial charge in [-0.3, -0.25) is 4.79 Å². The second kappa shape index (κ2) is 5.83. The van der Waals surface area contributed by atoms with Gasteiger partial charge in [0.15, 0.2) is 0 Å². The summed E-state index contributed by atoms with van der Waals surface area (Å²) >= 11 is 17.5. The van der Waals surface area contributed by atoms with E-state index in [0.717, 1.165) is 12.1 Å². The van der Waals surface area contributed by atoms with E-state index in [2.05, 4.69) is 10.3 Å². The molecule has 2 rings (SSSR count). The van der Waals surface area contributed by atoms with Crippen LogP contribution in [0.1, 0.15) is 10.4 Å². The van der Waals surface area contributed by atoms with Crippen molar-refractivity contribution in [1.82, 2.24) is 4.98 Å². The predicted molar refractivity (Wildman–Crippen MR) is 78.0 cm³/mol. The molecule has 1 aromatic heterocycles. The number of aromatic nitrogens is 1. The molecule has 20 heavy (non-hydrogen) atoms. The first kappa shape index (κ1) is 14.8. The van der Waals surface area contributed by atoms with Crippen molar-refractivity contribution in [2.75, 3.05) is 11.1 Å². The van der Waals surface area contributed by atoms with Crippen molar-refractivity contribution in [3.63, 3.8) is 0 Å². The maximum absolute atomic E-state index is 13.1. The number of hydrogen-bond acceptors (Lipinski definition) is 3. The number of anilines is 2. The quantitative estimate of drug-likeness (QED) is 0.815. The number of amides is 1. The van der Waals surface area contributed by atoms with E-state index in [-0.39, 0.29) is 32.1 Å². The fourth-order valence-electron chi connectivity index (χ4n) is 1.47. The highest BCUT2D eigenvalue weighted by molar-refractivity contribution is 6.40. The first-order chi connectivity index (χ1) is 9.38. The number of nitrogen functional groups attached to an aromatic ring is 1. The van der Waals surface area contributed by atoms with Gasteiger partial charge in [-0.2, -0.15) is 0 Å². The van der Waals surface area contributed by atoms with Crippen molar-refractivity contribution in [1.29, 1.82) is 0 Å². The normalized spacial score (nSPS) is 10.4. The first-order valence-corrected chi connectivity index (χ1v) is 6.39. The topological polar surface area (TPSA) is 68.0 Å². The molecule has 8 heteroatoms. The van der Waals surface area contributed by atoms with Crippen LogP contribution in [-0.2, 0) is 0 Å². The Labute approximate surface area is 128 Å². The summed E-state index contributed by atoms with van der Waals surface area (Å²) in [6.07, 6.45) is 1.32. The Morgan fingerprint density at radius 1 is 1.20 bits per heavy atom. The summed E-state index contributed by atoms with van der Waals surface area (Å²) in [4.78, 5) is 15.8. The average molecular weight is 335 g/mol. The molecule has 1 aromatic carbocycles. The van der Waals surface area contributed by atoms with Crippen molar-refractivity contribution < 1.29 is 9.18 Å². The lowest BCUT2D eigenvalue weighted by Crippen LogP contribution is -2.14. The first-order valence-electron chi connectivity index (χ1n) is 5.25. The Morgan fingerprint density at radius 2 is 1.80 bits per heavy atom. The van der Waals surface area contributed by atoms with E-state index in [1.54, 1.807) is 0 Å². The SMILES string of the molecule is Nc1cnc(Cl)c(C(=O)Nc2c(Cl)cc(F)cc2Cl)c1. The summed E-state index contributed by atoms with van der Waals surface area (Å²) in [5, 5.41) is 2.36. The molecular formula is C12H7Cl3FN3O. The lowest BCUT2D eigenvalue weighted by molar-refractivity contribution is 0.102. The highest BCUT2D eigenvalue weighted by atomic mass is 35.5. The molecule has 4 nitrogen and oxygen atoms in total. The van der Waals surface area contributed by atoms with Crippen LogP contribution in [0.2, 0.25) is 15.2 Å². The number of halogens is 4. The predicted octanol–water partition coefficient (Wildman–Crippen LogP) is 4.02. The molecule has 0 unspecified atom stereocenters. The van der Waals surface area contributed by atoms with E-state index >= 15 is 0 Å². The van der Waals surface area contributed by atoms with E-state index in [1.165, 1.54) is 12.3 Å². The zero-order valence-corrected chi connectivity index (χ0v) is 12.0. The molecule has 0 aliphatic rings. The molecule has 0 radical (unpaired) electrons. The number of carbonyl (C=O) groups is 1. The van der Waals surface area contributed by atoms with Crippen LogP contribution < -0.4 is 11.1 Å². The molecule has 0 saturated heterocycles. The van der Waals surface area contributed by atoms with Gasteiger partial charge in [-0.15, -0.1) is 0 Å². The third-order valence-corrected chi connectivity index (χ3v) is 3.25. The number of pyridine rings is 1. The molecule has 0 fully saturated rings. The van der Waals surface area contributed by atoms with E-state index in [4.69, 9.17) is 40.5 Å². The molecule has 0 aliphatic heterocycles. The monoisotopic (exact) mass is 333 g/mol. The third kappa shape index (κ3) is 3.12. The maximum Gasteiger partial charge on any atom is 0.258 e. The van der Waals surface area contributed by atoms with Gasteiger partial charge >= 0.3 is 0 Å². The zero-order valence-electron chi connectivity index (χ0n) is 9.75. The number of rotatable bonds is 2. The molecule has 1 heterocycles. The van der Waals surface area contributed by atoms with Gasteiger partial charge in [0.1, 0.15) is 11.0 Å². The number of nitrogens with zero attached hydrogens (tertiary/aromatic N) is 1. The Morgan fingerprint density at radius 3 is 2.40 bits per heavy atom. The third-order valence-electron chi connectivity index (χ3n) is 2.35. The number of carbonyl (C=O) groups excluding carboxylic acids is 1. The zero-order chi connectivity index (χ0) is 14.9. The summed E-state index contributed by atoms with van der Waals surface area (Å²) < 4.78 is 13.1. The minimum absolute atomic E-state index is 0.0222. The Balaban J connectivity index is 2.35. The van der Waals surface area contributed by atoms with Crippen LogP contribution in [0.3, 0.4) is 0 Å². The molecule has 1 amide bonds. The molecule has 3 N–H and O–H groups in total. The van der Waals surface area contributed by atoms with Crippen molar-refractivity contribution in [2.45, 2.75) is 0 Å². The minimum Gasteiger partial charge on any atom is -0.397 e. The number of hydrogen-bond donors (Lipinski definition) is 2.